The first kappa shape index (κ1) is 19.7. The quantitative estimate of drug-likeness (QED) is 0.294. The fraction of sp³-hybridized carbons (Fsp3) is 0.150. The lowest BCUT2D eigenvalue weighted by Crippen LogP contribution is -2.18. The zero-order chi connectivity index (χ0) is 20.5. The van der Waals surface area contributed by atoms with Crippen LogP contribution >= 0.6 is 34.5 Å². The van der Waals surface area contributed by atoms with Crippen LogP contribution in [0.3, 0.4) is 0 Å². The van der Waals surface area contributed by atoms with Crippen molar-refractivity contribution in [3.05, 3.63) is 62.4 Å². The molecule has 1 heterocycles. The second-order valence-corrected chi connectivity index (χ2v) is 8.40. The van der Waals surface area contributed by atoms with E-state index in [-0.39, 0.29) is 12.1 Å². The predicted octanol–water partition coefficient (Wildman–Crippen LogP) is 4.89. The van der Waals surface area contributed by atoms with Gasteiger partial charge in [0.05, 0.1) is 15.7 Å². The lowest BCUT2D eigenvalue weighted by atomic mass is 9.93. The standard InChI is InChI=1S/C20H16Cl2N4O2S/c21-13-7-5-12-11(17(13)22)6-8-16-18(12)24-20(29-16)26-25-15(19(27)28)9-10-3-1-2-4-14(10)23/h1-5,7H,6,8-9,23H2,(H,24,26)(H,27,28)/b25-15+. The van der Waals surface area contributed by atoms with Gasteiger partial charge in [0.2, 0.25) is 5.13 Å². The molecule has 4 N–H and O–H groups in total. The Balaban J connectivity index is 1.60. The van der Waals surface area contributed by atoms with Crippen LogP contribution < -0.4 is 11.2 Å². The first-order valence-electron chi connectivity index (χ1n) is 8.80. The Morgan fingerprint density at radius 3 is 2.79 bits per heavy atom. The third kappa shape index (κ3) is 3.94. The summed E-state index contributed by atoms with van der Waals surface area (Å²) in [5.41, 5.74) is 12.6. The zero-order valence-electron chi connectivity index (χ0n) is 15.1. The van der Waals surface area contributed by atoms with E-state index in [0.717, 1.165) is 34.5 Å². The van der Waals surface area contributed by atoms with Crippen molar-refractivity contribution < 1.29 is 9.90 Å². The maximum Gasteiger partial charge on any atom is 0.352 e. The minimum absolute atomic E-state index is 0.0497. The molecule has 2 aromatic carbocycles. The molecule has 4 rings (SSSR count). The summed E-state index contributed by atoms with van der Waals surface area (Å²) in [5, 5.41) is 15.2. The number of hydrogen-bond donors (Lipinski definition) is 3. The van der Waals surface area contributed by atoms with E-state index < -0.39 is 5.97 Å². The summed E-state index contributed by atoms with van der Waals surface area (Å²) in [6.07, 6.45) is 1.68. The summed E-state index contributed by atoms with van der Waals surface area (Å²) < 4.78 is 0. The largest absolute Gasteiger partial charge is 0.477 e. The van der Waals surface area contributed by atoms with Gasteiger partial charge in [0.15, 0.2) is 0 Å². The number of fused-ring (bicyclic) bond motifs is 3. The van der Waals surface area contributed by atoms with Crippen molar-refractivity contribution in [2.75, 3.05) is 11.2 Å². The number of carboxylic acid groups (broad SMARTS) is 1. The highest BCUT2D eigenvalue weighted by atomic mass is 35.5. The summed E-state index contributed by atoms with van der Waals surface area (Å²) in [7, 11) is 0. The van der Waals surface area contributed by atoms with Crippen molar-refractivity contribution in [1.29, 1.82) is 0 Å². The van der Waals surface area contributed by atoms with Gasteiger partial charge in [-0.05, 0) is 36.1 Å². The second-order valence-electron chi connectivity index (χ2n) is 6.53. The summed E-state index contributed by atoms with van der Waals surface area (Å²) in [5.74, 6) is -1.12. The van der Waals surface area contributed by atoms with Crippen LogP contribution in [0.1, 0.15) is 16.0 Å². The number of rotatable bonds is 5. The van der Waals surface area contributed by atoms with Gasteiger partial charge in [-0.15, -0.1) is 0 Å². The number of halogens is 2. The maximum absolute atomic E-state index is 11.6. The predicted molar refractivity (Wildman–Crippen MR) is 118 cm³/mol. The van der Waals surface area contributed by atoms with Crippen molar-refractivity contribution in [3.8, 4) is 11.3 Å². The van der Waals surface area contributed by atoms with Crippen LogP contribution in [0.4, 0.5) is 10.8 Å². The highest BCUT2D eigenvalue weighted by Gasteiger charge is 2.24. The number of aromatic nitrogens is 1. The molecule has 148 valence electrons. The SMILES string of the molecule is Nc1ccccc1C/C(=N\Nc1nc2c(s1)CCc1c-2ccc(Cl)c1Cl)C(=O)O. The molecular formula is C20H16Cl2N4O2S. The first-order valence-corrected chi connectivity index (χ1v) is 10.4. The van der Waals surface area contributed by atoms with E-state index in [1.807, 2.05) is 12.1 Å². The molecule has 1 aliphatic rings. The van der Waals surface area contributed by atoms with Gasteiger partial charge >= 0.3 is 5.97 Å². The molecule has 0 unspecified atom stereocenters. The molecule has 3 aromatic rings. The number of carbonyl (C=O) groups is 1. The van der Waals surface area contributed by atoms with Crippen LogP contribution in [-0.4, -0.2) is 21.8 Å². The van der Waals surface area contributed by atoms with Gasteiger partial charge in [-0.25, -0.2) is 9.78 Å². The topological polar surface area (TPSA) is 101 Å². The fourth-order valence-electron chi connectivity index (χ4n) is 3.23. The highest BCUT2D eigenvalue weighted by Crippen LogP contribution is 2.42. The molecule has 29 heavy (non-hydrogen) atoms. The van der Waals surface area contributed by atoms with E-state index in [2.05, 4.69) is 15.5 Å². The van der Waals surface area contributed by atoms with Gasteiger partial charge in [0.1, 0.15) is 5.71 Å². The summed E-state index contributed by atoms with van der Waals surface area (Å²) in [6, 6.07) is 10.8. The first-order chi connectivity index (χ1) is 13.9. The minimum atomic E-state index is -1.12. The second kappa shape index (κ2) is 8.02. The Labute approximate surface area is 181 Å². The number of aryl methyl sites for hydroxylation is 1. The molecule has 0 saturated carbocycles. The average molecular weight is 447 g/mol. The van der Waals surface area contributed by atoms with Gasteiger partial charge in [-0.3, -0.25) is 5.43 Å². The van der Waals surface area contributed by atoms with E-state index in [1.165, 1.54) is 11.3 Å². The van der Waals surface area contributed by atoms with E-state index in [0.29, 0.717) is 26.4 Å². The maximum atomic E-state index is 11.6. The average Bonchev–Trinajstić information content (AvgIpc) is 3.12. The molecule has 0 fully saturated rings. The fourth-order valence-corrected chi connectivity index (χ4v) is 4.59. The molecule has 0 spiro atoms. The van der Waals surface area contributed by atoms with Crippen LogP contribution in [-0.2, 0) is 24.1 Å². The Morgan fingerprint density at radius 1 is 1.24 bits per heavy atom. The summed E-state index contributed by atoms with van der Waals surface area (Å²) in [6.45, 7) is 0. The lowest BCUT2D eigenvalue weighted by molar-refractivity contribution is -0.129. The van der Waals surface area contributed by atoms with E-state index in [1.54, 1.807) is 24.3 Å². The zero-order valence-corrected chi connectivity index (χ0v) is 17.4. The third-order valence-electron chi connectivity index (χ3n) is 4.70. The molecule has 0 radical (unpaired) electrons. The molecule has 9 heteroatoms. The lowest BCUT2D eigenvalue weighted by Gasteiger charge is -2.16. The van der Waals surface area contributed by atoms with Gasteiger partial charge in [0.25, 0.3) is 0 Å². The molecule has 0 bridgehead atoms. The smallest absolute Gasteiger partial charge is 0.352 e. The molecule has 1 aromatic heterocycles. The molecule has 0 aliphatic heterocycles. The van der Waals surface area contributed by atoms with Gasteiger partial charge in [0, 0.05) is 22.5 Å². The van der Waals surface area contributed by atoms with Crippen LogP contribution in [0.25, 0.3) is 11.3 Å². The van der Waals surface area contributed by atoms with Crippen LogP contribution in [0, 0.1) is 0 Å². The number of nitrogens with zero attached hydrogens (tertiary/aromatic N) is 2. The molecule has 0 atom stereocenters. The van der Waals surface area contributed by atoms with Gasteiger partial charge < -0.3 is 10.8 Å². The Hall–Kier alpha value is -2.61. The highest BCUT2D eigenvalue weighted by molar-refractivity contribution is 7.16. The van der Waals surface area contributed by atoms with Crippen LogP contribution in [0.5, 0.6) is 0 Å². The van der Waals surface area contributed by atoms with Gasteiger partial charge in [-0.2, -0.15) is 5.10 Å². The Morgan fingerprint density at radius 2 is 2.03 bits per heavy atom. The third-order valence-corrected chi connectivity index (χ3v) is 6.56. The molecule has 1 aliphatic carbocycles. The Kier molecular flexibility index (Phi) is 5.45. The van der Waals surface area contributed by atoms with Crippen LogP contribution in [0.15, 0.2) is 41.5 Å². The van der Waals surface area contributed by atoms with E-state index in [9.17, 15) is 9.90 Å². The number of nitrogens with one attached hydrogen (secondary N) is 1. The number of nitrogen functional groups attached to an aromatic ring is 1. The number of carboxylic acids is 1. The van der Waals surface area contributed by atoms with Crippen molar-refractivity contribution in [2.24, 2.45) is 5.10 Å². The number of para-hydroxylation sites is 1. The Bertz CT molecular complexity index is 1140. The molecule has 6 nitrogen and oxygen atoms in total. The number of nitrogens with two attached hydrogens (primary N) is 1. The number of hydrogen-bond acceptors (Lipinski definition) is 6. The van der Waals surface area contributed by atoms with Gasteiger partial charge in [-0.1, -0.05) is 58.8 Å². The van der Waals surface area contributed by atoms with Crippen molar-refractivity contribution in [1.82, 2.24) is 4.98 Å². The number of thiazole rings is 1. The summed E-state index contributed by atoms with van der Waals surface area (Å²) in [4.78, 5) is 17.3. The summed E-state index contributed by atoms with van der Waals surface area (Å²) >= 11 is 13.9. The molecular weight excluding hydrogens is 431 g/mol. The monoisotopic (exact) mass is 446 g/mol. The van der Waals surface area contributed by atoms with Crippen molar-refractivity contribution >= 4 is 57.0 Å². The minimum Gasteiger partial charge on any atom is -0.477 e. The number of aliphatic carboxylic acids is 1. The number of anilines is 2. The van der Waals surface area contributed by atoms with Crippen molar-refractivity contribution in [3.63, 3.8) is 0 Å². The number of benzene rings is 2. The van der Waals surface area contributed by atoms with E-state index in [4.69, 9.17) is 28.9 Å². The number of hydrazone groups is 1. The van der Waals surface area contributed by atoms with Crippen molar-refractivity contribution in [2.45, 2.75) is 19.3 Å². The normalized spacial score (nSPS) is 13.0. The van der Waals surface area contributed by atoms with E-state index >= 15 is 0 Å². The molecule has 0 saturated heterocycles. The molecule has 0 amide bonds. The van der Waals surface area contributed by atoms with Crippen LogP contribution in [0.2, 0.25) is 10.0 Å².